The molecule has 1 atom stereocenters. The number of fused-ring (bicyclic) bond motifs is 1. The maximum Gasteiger partial charge on any atom is 0.327 e. The summed E-state index contributed by atoms with van der Waals surface area (Å²) in [5.74, 6) is -0.404. The summed E-state index contributed by atoms with van der Waals surface area (Å²) in [4.78, 5) is 32.5. The molecule has 1 saturated heterocycles. The molecule has 1 aliphatic heterocycles. The standard InChI is InChI=1S/C22H21BrClN3O3/c1-30-22(29)20(16-4-2-3-5-17(16)24)26-8-10-27(11-9-26)21(28)19-12-14-6-7-15(23)13-18(14)25-19/h2-7,12-13,20,25H,8-11H2,1H3. The van der Waals surface area contributed by atoms with Gasteiger partial charge in [0.15, 0.2) is 0 Å². The van der Waals surface area contributed by atoms with Gasteiger partial charge in [-0.05, 0) is 29.8 Å². The number of carbonyl (C=O) groups is 2. The molecule has 2 heterocycles. The first-order chi connectivity index (χ1) is 14.5. The summed E-state index contributed by atoms with van der Waals surface area (Å²) in [5.41, 5.74) is 2.19. The zero-order chi connectivity index (χ0) is 21.3. The zero-order valence-electron chi connectivity index (χ0n) is 16.4. The predicted molar refractivity (Wildman–Crippen MR) is 120 cm³/mol. The first kappa shape index (κ1) is 20.9. The van der Waals surface area contributed by atoms with E-state index in [0.717, 1.165) is 15.4 Å². The third-order valence-electron chi connectivity index (χ3n) is 5.41. The van der Waals surface area contributed by atoms with Crippen LogP contribution in [0, 0.1) is 0 Å². The van der Waals surface area contributed by atoms with Crippen molar-refractivity contribution in [1.29, 1.82) is 0 Å². The van der Waals surface area contributed by atoms with Gasteiger partial charge in [0.25, 0.3) is 5.91 Å². The second kappa shape index (κ2) is 8.79. The van der Waals surface area contributed by atoms with Gasteiger partial charge in [-0.1, -0.05) is 51.8 Å². The van der Waals surface area contributed by atoms with Gasteiger partial charge in [0.2, 0.25) is 0 Å². The number of rotatable bonds is 4. The third kappa shape index (κ3) is 4.10. The minimum Gasteiger partial charge on any atom is -0.468 e. The van der Waals surface area contributed by atoms with E-state index in [2.05, 4.69) is 20.9 Å². The molecule has 1 amide bonds. The minimum absolute atomic E-state index is 0.0469. The highest BCUT2D eigenvalue weighted by Crippen LogP contribution is 2.30. The highest BCUT2D eigenvalue weighted by atomic mass is 79.9. The summed E-state index contributed by atoms with van der Waals surface area (Å²) in [6.07, 6.45) is 0. The average Bonchev–Trinajstić information content (AvgIpc) is 3.18. The Balaban J connectivity index is 1.49. The second-order valence-corrected chi connectivity index (χ2v) is 8.51. The van der Waals surface area contributed by atoms with E-state index in [9.17, 15) is 9.59 Å². The molecule has 0 aliphatic carbocycles. The van der Waals surface area contributed by atoms with Gasteiger partial charge in [0.05, 0.1) is 7.11 Å². The van der Waals surface area contributed by atoms with E-state index in [1.54, 1.807) is 11.0 Å². The number of halogens is 2. The van der Waals surface area contributed by atoms with Crippen molar-refractivity contribution in [2.75, 3.05) is 33.3 Å². The lowest BCUT2D eigenvalue weighted by Crippen LogP contribution is -2.51. The van der Waals surface area contributed by atoms with E-state index in [-0.39, 0.29) is 11.9 Å². The third-order valence-corrected chi connectivity index (χ3v) is 6.24. The number of nitrogens with one attached hydrogen (secondary N) is 1. The quantitative estimate of drug-likeness (QED) is 0.555. The first-order valence-corrected chi connectivity index (χ1v) is 10.8. The number of aromatic nitrogens is 1. The van der Waals surface area contributed by atoms with Crippen LogP contribution in [0.25, 0.3) is 10.9 Å². The normalized spacial score (nSPS) is 15.9. The number of piperazine rings is 1. The Kier molecular flexibility index (Phi) is 6.13. The van der Waals surface area contributed by atoms with Gasteiger partial charge in [-0.15, -0.1) is 0 Å². The highest BCUT2D eigenvalue weighted by Gasteiger charge is 2.33. The van der Waals surface area contributed by atoms with Gasteiger partial charge in [-0.2, -0.15) is 0 Å². The van der Waals surface area contributed by atoms with Gasteiger partial charge in [-0.25, -0.2) is 4.79 Å². The Hall–Kier alpha value is -2.35. The fraction of sp³-hybridized carbons (Fsp3) is 0.273. The molecule has 4 rings (SSSR count). The van der Waals surface area contributed by atoms with Gasteiger partial charge >= 0.3 is 5.97 Å². The number of H-pyrrole nitrogens is 1. The van der Waals surface area contributed by atoms with Crippen LogP contribution in [0.2, 0.25) is 5.02 Å². The molecule has 1 unspecified atom stereocenters. The summed E-state index contributed by atoms with van der Waals surface area (Å²) >= 11 is 9.79. The molecule has 0 bridgehead atoms. The molecule has 2 aromatic carbocycles. The molecule has 1 N–H and O–H groups in total. The molecule has 156 valence electrons. The van der Waals surface area contributed by atoms with Crippen molar-refractivity contribution in [3.8, 4) is 0 Å². The van der Waals surface area contributed by atoms with Gasteiger partial charge in [0.1, 0.15) is 11.7 Å². The summed E-state index contributed by atoms with van der Waals surface area (Å²) in [5, 5.41) is 1.51. The van der Waals surface area contributed by atoms with Gasteiger partial charge in [-0.3, -0.25) is 9.69 Å². The number of hydrogen-bond donors (Lipinski definition) is 1. The molecule has 3 aromatic rings. The smallest absolute Gasteiger partial charge is 0.327 e. The van der Waals surface area contributed by atoms with Crippen LogP contribution < -0.4 is 0 Å². The van der Waals surface area contributed by atoms with E-state index in [1.165, 1.54) is 7.11 Å². The van der Waals surface area contributed by atoms with Crippen molar-refractivity contribution in [3.05, 3.63) is 69.3 Å². The minimum atomic E-state index is -0.591. The fourth-order valence-electron chi connectivity index (χ4n) is 3.85. The molecule has 30 heavy (non-hydrogen) atoms. The topological polar surface area (TPSA) is 65.6 Å². The maximum absolute atomic E-state index is 13.0. The summed E-state index contributed by atoms with van der Waals surface area (Å²) in [7, 11) is 1.38. The number of esters is 1. The molecular formula is C22H21BrClN3O3. The van der Waals surface area contributed by atoms with Crippen LogP contribution in [0.15, 0.2) is 53.0 Å². The number of methoxy groups -OCH3 is 1. The fourth-order valence-corrected chi connectivity index (χ4v) is 4.45. The number of aromatic amines is 1. The molecule has 1 fully saturated rings. The van der Waals surface area contributed by atoms with Crippen molar-refractivity contribution in [2.45, 2.75) is 6.04 Å². The molecule has 8 heteroatoms. The Bertz CT molecular complexity index is 1090. The summed E-state index contributed by atoms with van der Waals surface area (Å²) < 4.78 is 5.99. The van der Waals surface area contributed by atoms with E-state index >= 15 is 0 Å². The lowest BCUT2D eigenvalue weighted by Gasteiger charge is -2.38. The predicted octanol–water partition coefficient (Wildman–Crippen LogP) is 4.26. The average molecular weight is 491 g/mol. The number of ether oxygens (including phenoxy) is 1. The number of hydrogen-bond acceptors (Lipinski definition) is 4. The molecule has 0 spiro atoms. The van der Waals surface area contributed by atoms with E-state index in [4.69, 9.17) is 16.3 Å². The zero-order valence-corrected chi connectivity index (χ0v) is 18.7. The molecule has 0 saturated carbocycles. The Labute approximate surface area is 187 Å². The summed E-state index contributed by atoms with van der Waals surface area (Å²) in [6, 6.07) is 14.4. The Morgan fingerprint density at radius 1 is 1.10 bits per heavy atom. The van der Waals surface area contributed by atoms with Crippen molar-refractivity contribution in [2.24, 2.45) is 0 Å². The van der Waals surface area contributed by atoms with Crippen LogP contribution in [-0.2, 0) is 9.53 Å². The molecular weight excluding hydrogens is 470 g/mol. The molecule has 6 nitrogen and oxygen atoms in total. The molecule has 0 radical (unpaired) electrons. The SMILES string of the molecule is COC(=O)C(c1ccccc1Cl)N1CCN(C(=O)c2cc3ccc(Br)cc3[nH]2)CC1. The van der Waals surface area contributed by atoms with Crippen molar-refractivity contribution in [1.82, 2.24) is 14.8 Å². The maximum atomic E-state index is 13.0. The Morgan fingerprint density at radius 2 is 1.83 bits per heavy atom. The monoisotopic (exact) mass is 489 g/mol. The lowest BCUT2D eigenvalue weighted by atomic mass is 10.0. The summed E-state index contributed by atoms with van der Waals surface area (Å²) in [6.45, 7) is 2.11. The number of nitrogens with zero attached hydrogens (tertiary/aromatic N) is 2. The van der Waals surface area contributed by atoms with Gasteiger partial charge < -0.3 is 14.6 Å². The highest BCUT2D eigenvalue weighted by molar-refractivity contribution is 9.10. The van der Waals surface area contributed by atoms with Crippen LogP contribution in [0.4, 0.5) is 0 Å². The second-order valence-electron chi connectivity index (χ2n) is 7.19. The van der Waals surface area contributed by atoms with Crippen LogP contribution in [0.1, 0.15) is 22.1 Å². The van der Waals surface area contributed by atoms with Gasteiger partial charge in [0, 0.05) is 46.6 Å². The Morgan fingerprint density at radius 3 is 2.53 bits per heavy atom. The van der Waals surface area contributed by atoms with Crippen LogP contribution in [-0.4, -0.2) is 59.9 Å². The van der Waals surface area contributed by atoms with E-state index in [0.29, 0.717) is 42.5 Å². The number of amides is 1. The number of carbonyl (C=O) groups excluding carboxylic acids is 2. The molecule has 1 aromatic heterocycles. The van der Waals surface area contributed by atoms with E-state index in [1.807, 2.05) is 47.4 Å². The van der Waals surface area contributed by atoms with Crippen LogP contribution >= 0.6 is 27.5 Å². The van der Waals surface area contributed by atoms with Crippen molar-refractivity contribution >= 4 is 50.3 Å². The van der Waals surface area contributed by atoms with Crippen molar-refractivity contribution < 1.29 is 14.3 Å². The largest absolute Gasteiger partial charge is 0.468 e. The first-order valence-electron chi connectivity index (χ1n) is 9.62. The van der Waals surface area contributed by atoms with E-state index < -0.39 is 6.04 Å². The van der Waals surface area contributed by atoms with Crippen LogP contribution in [0.5, 0.6) is 0 Å². The van der Waals surface area contributed by atoms with Crippen LogP contribution in [0.3, 0.4) is 0 Å². The number of benzene rings is 2. The lowest BCUT2D eigenvalue weighted by molar-refractivity contribution is -0.148. The van der Waals surface area contributed by atoms with Crippen molar-refractivity contribution in [3.63, 3.8) is 0 Å². The molecule has 1 aliphatic rings.